The summed E-state index contributed by atoms with van der Waals surface area (Å²) in [5.41, 5.74) is 6.68. The van der Waals surface area contributed by atoms with Crippen molar-refractivity contribution < 1.29 is 0 Å². The van der Waals surface area contributed by atoms with Crippen LogP contribution in [-0.4, -0.2) is 11.5 Å². The number of pyridine rings is 1. The van der Waals surface area contributed by atoms with Crippen LogP contribution >= 0.6 is 0 Å². The van der Waals surface area contributed by atoms with E-state index < -0.39 is 0 Å². The second-order valence-electron chi connectivity index (χ2n) is 4.26. The van der Waals surface area contributed by atoms with E-state index in [1.165, 1.54) is 12.8 Å². The Labute approximate surface area is 84.7 Å². The average Bonchev–Trinajstić information content (AvgIpc) is 2.13. The fraction of sp³-hybridized carbons (Fsp3) is 0.545. The summed E-state index contributed by atoms with van der Waals surface area (Å²) in [6.45, 7) is 3.33. The summed E-state index contributed by atoms with van der Waals surface area (Å²) < 4.78 is 0. The van der Waals surface area contributed by atoms with E-state index >= 15 is 0 Å². The van der Waals surface area contributed by atoms with Gasteiger partial charge in [-0.3, -0.25) is 0 Å². The van der Waals surface area contributed by atoms with Crippen molar-refractivity contribution in [3.8, 4) is 0 Å². The summed E-state index contributed by atoms with van der Waals surface area (Å²) in [5.74, 6) is 2.33. The quantitative estimate of drug-likeness (QED) is 0.769. The highest BCUT2D eigenvalue weighted by atomic mass is 15.0. The lowest BCUT2D eigenvalue weighted by Crippen LogP contribution is -2.27. The normalized spacial score (nSPS) is 25.5. The largest absolute Gasteiger partial charge is 0.382 e. The first kappa shape index (κ1) is 9.31. The van der Waals surface area contributed by atoms with Gasteiger partial charge < -0.3 is 11.1 Å². The van der Waals surface area contributed by atoms with Gasteiger partial charge in [0.15, 0.2) is 0 Å². The van der Waals surface area contributed by atoms with E-state index in [9.17, 15) is 0 Å². The van der Waals surface area contributed by atoms with E-state index in [1.807, 2.05) is 12.1 Å². The van der Waals surface area contributed by atoms with Gasteiger partial charge in [0.2, 0.25) is 0 Å². The summed E-state index contributed by atoms with van der Waals surface area (Å²) in [7, 11) is 0. The van der Waals surface area contributed by atoms with Crippen LogP contribution < -0.4 is 11.1 Å². The van der Waals surface area contributed by atoms with Crippen LogP contribution in [0.15, 0.2) is 18.3 Å². The van der Waals surface area contributed by atoms with Gasteiger partial charge >= 0.3 is 0 Å². The first-order valence-electron chi connectivity index (χ1n) is 5.20. The maximum Gasteiger partial charge on any atom is 0.146 e. The van der Waals surface area contributed by atoms with Gasteiger partial charge in [-0.2, -0.15) is 0 Å². The third-order valence-electron chi connectivity index (χ3n) is 2.89. The van der Waals surface area contributed by atoms with Gasteiger partial charge in [-0.15, -0.1) is 0 Å². The van der Waals surface area contributed by atoms with Crippen LogP contribution in [0.25, 0.3) is 0 Å². The first-order valence-corrected chi connectivity index (χ1v) is 5.20. The molecule has 1 heterocycles. The molecule has 0 amide bonds. The zero-order chi connectivity index (χ0) is 9.97. The minimum Gasteiger partial charge on any atom is -0.382 e. The van der Waals surface area contributed by atoms with Crippen LogP contribution in [0.1, 0.15) is 19.8 Å². The van der Waals surface area contributed by atoms with Crippen molar-refractivity contribution in [2.24, 2.45) is 11.8 Å². The van der Waals surface area contributed by atoms with Gasteiger partial charge in [-0.1, -0.05) is 6.92 Å². The van der Waals surface area contributed by atoms with E-state index in [4.69, 9.17) is 5.73 Å². The predicted octanol–water partition coefficient (Wildman–Crippen LogP) is 2.12. The Morgan fingerprint density at radius 3 is 3.00 bits per heavy atom. The van der Waals surface area contributed by atoms with Gasteiger partial charge in [0.25, 0.3) is 0 Å². The lowest BCUT2D eigenvalue weighted by Gasteiger charge is -2.33. The molecule has 1 fully saturated rings. The Kier molecular flexibility index (Phi) is 2.57. The summed E-state index contributed by atoms with van der Waals surface area (Å²) in [6.07, 6.45) is 4.40. The number of nitrogen functional groups attached to an aromatic ring is 1. The van der Waals surface area contributed by atoms with E-state index in [1.54, 1.807) is 6.20 Å². The smallest absolute Gasteiger partial charge is 0.146 e. The van der Waals surface area contributed by atoms with Crippen molar-refractivity contribution in [2.45, 2.75) is 19.8 Å². The third kappa shape index (κ3) is 1.97. The lowest BCUT2D eigenvalue weighted by atomic mass is 9.76. The molecule has 1 aromatic heterocycles. The molecule has 3 heteroatoms. The molecule has 1 aliphatic rings. The minimum atomic E-state index is 0.597. The molecule has 0 unspecified atom stereocenters. The fourth-order valence-electron chi connectivity index (χ4n) is 2.06. The molecule has 0 radical (unpaired) electrons. The number of nitrogens with zero attached hydrogens (tertiary/aromatic N) is 1. The molecule has 1 aliphatic carbocycles. The third-order valence-corrected chi connectivity index (χ3v) is 2.89. The number of hydrogen-bond donors (Lipinski definition) is 2. The van der Waals surface area contributed by atoms with Crippen molar-refractivity contribution in [1.82, 2.24) is 4.98 Å². The average molecular weight is 191 g/mol. The Bertz CT molecular complexity index is 305. The second kappa shape index (κ2) is 3.86. The van der Waals surface area contributed by atoms with Crippen LogP contribution in [0.3, 0.4) is 0 Å². The maximum absolute atomic E-state index is 5.72. The number of rotatable bonds is 3. The molecule has 0 aromatic carbocycles. The van der Waals surface area contributed by atoms with Crippen molar-refractivity contribution in [3.05, 3.63) is 18.3 Å². The summed E-state index contributed by atoms with van der Waals surface area (Å²) in [6, 6.07) is 3.88. The minimum absolute atomic E-state index is 0.597. The van der Waals surface area contributed by atoms with Crippen LogP contribution in [0, 0.1) is 11.8 Å². The summed E-state index contributed by atoms with van der Waals surface area (Å²) >= 11 is 0. The number of anilines is 2. The zero-order valence-corrected chi connectivity index (χ0v) is 8.53. The van der Waals surface area contributed by atoms with Crippen LogP contribution in [0.4, 0.5) is 11.5 Å². The van der Waals surface area contributed by atoms with Gasteiger partial charge in [0.05, 0.1) is 5.69 Å². The van der Waals surface area contributed by atoms with Crippen LogP contribution in [0.2, 0.25) is 0 Å². The highest BCUT2D eigenvalue weighted by Gasteiger charge is 2.24. The van der Waals surface area contributed by atoms with E-state index in [2.05, 4.69) is 17.2 Å². The van der Waals surface area contributed by atoms with E-state index in [-0.39, 0.29) is 0 Å². The van der Waals surface area contributed by atoms with Crippen molar-refractivity contribution in [1.29, 1.82) is 0 Å². The van der Waals surface area contributed by atoms with Gasteiger partial charge in [-0.25, -0.2) is 4.98 Å². The Morgan fingerprint density at radius 2 is 2.36 bits per heavy atom. The van der Waals surface area contributed by atoms with Gasteiger partial charge in [-0.05, 0) is 36.8 Å². The Morgan fingerprint density at radius 1 is 1.57 bits per heavy atom. The molecule has 0 atom stereocenters. The molecule has 2 rings (SSSR count). The molecule has 0 aliphatic heterocycles. The Hall–Kier alpha value is -1.25. The summed E-state index contributed by atoms with van der Waals surface area (Å²) in [4.78, 5) is 4.03. The first-order chi connectivity index (χ1) is 6.75. The Balaban J connectivity index is 1.83. The van der Waals surface area contributed by atoms with E-state index in [0.717, 1.165) is 24.1 Å². The van der Waals surface area contributed by atoms with Crippen molar-refractivity contribution in [3.63, 3.8) is 0 Å². The van der Waals surface area contributed by atoms with Gasteiger partial charge in [0, 0.05) is 12.7 Å². The van der Waals surface area contributed by atoms with Crippen molar-refractivity contribution >= 4 is 11.5 Å². The molecule has 0 spiro atoms. The van der Waals surface area contributed by atoms with Gasteiger partial charge in [0.1, 0.15) is 5.82 Å². The molecular formula is C11H17N3. The maximum atomic E-state index is 5.72. The molecule has 3 nitrogen and oxygen atoms in total. The number of nitrogens with one attached hydrogen (secondary N) is 1. The number of hydrogen-bond acceptors (Lipinski definition) is 3. The predicted molar refractivity (Wildman–Crippen MR) is 59.0 cm³/mol. The molecule has 0 saturated heterocycles. The lowest BCUT2D eigenvalue weighted by molar-refractivity contribution is 0.225. The highest BCUT2D eigenvalue weighted by Crippen LogP contribution is 2.33. The molecular weight excluding hydrogens is 174 g/mol. The van der Waals surface area contributed by atoms with E-state index in [0.29, 0.717) is 5.82 Å². The molecule has 1 aromatic rings. The number of nitrogens with two attached hydrogens (primary N) is 1. The fourth-order valence-corrected chi connectivity index (χ4v) is 2.06. The number of aromatic nitrogens is 1. The van der Waals surface area contributed by atoms with Crippen LogP contribution in [0.5, 0.6) is 0 Å². The highest BCUT2D eigenvalue weighted by molar-refractivity contribution is 5.60. The van der Waals surface area contributed by atoms with Crippen molar-refractivity contribution in [2.75, 3.05) is 17.6 Å². The summed E-state index contributed by atoms with van der Waals surface area (Å²) in [5, 5.41) is 3.35. The molecule has 76 valence electrons. The standard InChI is InChI=1S/C11H17N3/c1-8-5-9(6-8)7-14-10-3-2-4-13-11(10)12/h2-4,8-9,14H,5-7H2,1H3,(H2,12,13). The molecule has 0 bridgehead atoms. The van der Waals surface area contributed by atoms with Crippen LogP contribution in [-0.2, 0) is 0 Å². The monoisotopic (exact) mass is 191 g/mol. The topological polar surface area (TPSA) is 50.9 Å². The SMILES string of the molecule is CC1CC(CNc2cccnc2N)C1. The molecule has 1 saturated carbocycles. The molecule has 14 heavy (non-hydrogen) atoms. The molecule has 3 N–H and O–H groups in total. The second-order valence-corrected chi connectivity index (χ2v) is 4.26. The zero-order valence-electron chi connectivity index (χ0n) is 8.53.